The van der Waals surface area contributed by atoms with Crippen LogP contribution in [0.25, 0.3) is 0 Å². The minimum absolute atomic E-state index is 0.372. The number of methoxy groups -OCH3 is 1. The van der Waals surface area contributed by atoms with Gasteiger partial charge in [-0.05, 0) is 20.4 Å². The first-order valence-corrected chi connectivity index (χ1v) is 6.71. The van der Waals surface area contributed by atoms with E-state index in [9.17, 15) is 4.79 Å². The van der Waals surface area contributed by atoms with Crippen LogP contribution in [0, 0.1) is 0 Å². The summed E-state index contributed by atoms with van der Waals surface area (Å²) >= 11 is 0. The number of carbonyl (C=O) groups is 1. The summed E-state index contributed by atoms with van der Waals surface area (Å²) in [7, 11) is 3.25. The lowest BCUT2D eigenvalue weighted by molar-refractivity contribution is -0.144. The van der Waals surface area contributed by atoms with Crippen molar-refractivity contribution in [2.45, 2.75) is 18.9 Å². The van der Waals surface area contributed by atoms with Crippen LogP contribution in [-0.2, 0) is 23.7 Å². The van der Waals surface area contributed by atoms with Crippen LogP contribution in [0.3, 0.4) is 0 Å². The zero-order valence-corrected chi connectivity index (χ0v) is 12.6. The van der Waals surface area contributed by atoms with E-state index in [4.69, 9.17) is 24.1 Å². The summed E-state index contributed by atoms with van der Waals surface area (Å²) < 4.78 is 20.7. The zero-order valence-electron chi connectivity index (χ0n) is 12.6. The second-order valence-electron chi connectivity index (χ2n) is 4.47. The summed E-state index contributed by atoms with van der Waals surface area (Å²) in [5.74, 6) is -0.881. The number of likely N-dealkylation sites (N-methyl/N-ethyl adjacent to an activating group) is 1. The van der Waals surface area contributed by atoms with Crippen molar-refractivity contribution in [3.8, 4) is 0 Å². The van der Waals surface area contributed by atoms with Crippen molar-refractivity contribution in [1.29, 1.82) is 0 Å². The van der Waals surface area contributed by atoms with Crippen molar-refractivity contribution in [3.63, 3.8) is 0 Å². The van der Waals surface area contributed by atoms with Gasteiger partial charge in [0.1, 0.15) is 5.54 Å². The first-order chi connectivity index (χ1) is 9.56. The van der Waals surface area contributed by atoms with Gasteiger partial charge < -0.3 is 29.4 Å². The Morgan fingerprint density at radius 2 is 1.45 bits per heavy atom. The maximum atomic E-state index is 11.0. The molecule has 0 saturated heterocycles. The van der Waals surface area contributed by atoms with Gasteiger partial charge in [0, 0.05) is 13.7 Å². The molecular formula is C13H27NO6. The summed E-state index contributed by atoms with van der Waals surface area (Å²) in [4.78, 5) is 11.0. The predicted molar refractivity (Wildman–Crippen MR) is 74.1 cm³/mol. The van der Waals surface area contributed by atoms with Crippen LogP contribution in [0.15, 0.2) is 0 Å². The fourth-order valence-corrected chi connectivity index (χ4v) is 1.30. The highest BCUT2D eigenvalue weighted by Gasteiger charge is 2.30. The van der Waals surface area contributed by atoms with Gasteiger partial charge in [0.15, 0.2) is 0 Å². The average molecular weight is 293 g/mol. The standard InChI is InChI=1S/C13H27NO6/c1-13(14-2,12(15)16)4-5-18-8-9-20-11-10-19-7-6-17-3/h14H,4-11H2,1-3H3,(H,15,16). The van der Waals surface area contributed by atoms with Gasteiger partial charge in [0.2, 0.25) is 0 Å². The maximum Gasteiger partial charge on any atom is 0.323 e. The van der Waals surface area contributed by atoms with Crippen LogP contribution < -0.4 is 5.32 Å². The van der Waals surface area contributed by atoms with E-state index in [0.717, 1.165) is 0 Å². The topological polar surface area (TPSA) is 86.3 Å². The molecule has 0 saturated carbocycles. The molecule has 0 heterocycles. The Morgan fingerprint density at radius 1 is 1.00 bits per heavy atom. The predicted octanol–water partition coefficient (Wildman–Crippen LogP) is 0.135. The van der Waals surface area contributed by atoms with Gasteiger partial charge in [-0.15, -0.1) is 0 Å². The Hall–Kier alpha value is -0.730. The van der Waals surface area contributed by atoms with Crippen LogP contribution in [0.2, 0.25) is 0 Å². The van der Waals surface area contributed by atoms with Crippen molar-refractivity contribution in [3.05, 3.63) is 0 Å². The number of carboxylic acids is 1. The van der Waals surface area contributed by atoms with Crippen molar-refractivity contribution in [2.24, 2.45) is 0 Å². The van der Waals surface area contributed by atoms with E-state index in [0.29, 0.717) is 52.7 Å². The molecule has 0 aliphatic rings. The number of hydrogen-bond acceptors (Lipinski definition) is 6. The van der Waals surface area contributed by atoms with Crippen molar-refractivity contribution in [2.75, 3.05) is 60.4 Å². The molecular weight excluding hydrogens is 266 g/mol. The molecule has 2 N–H and O–H groups in total. The fourth-order valence-electron chi connectivity index (χ4n) is 1.30. The minimum Gasteiger partial charge on any atom is -0.480 e. The lowest BCUT2D eigenvalue weighted by Gasteiger charge is -2.23. The molecule has 0 aliphatic heterocycles. The average Bonchev–Trinajstić information content (AvgIpc) is 2.44. The molecule has 0 spiro atoms. The lowest BCUT2D eigenvalue weighted by Crippen LogP contribution is -2.48. The number of carboxylic acid groups (broad SMARTS) is 1. The van der Waals surface area contributed by atoms with Crippen LogP contribution in [0.1, 0.15) is 13.3 Å². The number of nitrogens with one attached hydrogen (secondary N) is 1. The molecule has 1 atom stereocenters. The molecule has 0 amide bonds. The third kappa shape index (κ3) is 9.22. The van der Waals surface area contributed by atoms with Crippen LogP contribution in [0.4, 0.5) is 0 Å². The second kappa shape index (κ2) is 12.0. The normalized spacial score (nSPS) is 14.2. The van der Waals surface area contributed by atoms with E-state index >= 15 is 0 Å². The Balaban J connectivity index is 3.34. The Labute approximate surface area is 120 Å². The molecule has 1 unspecified atom stereocenters. The summed E-state index contributed by atoms with van der Waals surface area (Å²) in [5.41, 5.74) is -0.948. The van der Waals surface area contributed by atoms with Crippen molar-refractivity contribution >= 4 is 5.97 Å². The molecule has 20 heavy (non-hydrogen) atoms. The third-order valence-corrected chi connectivity index (χ3v) is 2.95. The Bertz CT molecular complexity index is 251. The zero-order chi connectivity index (χ0) is 15.3. The molecule has 0 aromatic rings. The SMILES string of the molecule is CNC(C)(CCOCCOCCOCCOC)C(=O)O. The fraction of sp³-hybridized carbons (Fsp3) is 0.923. The van der Waals surface area contributed by atoms with Gasteiger partial charge in [-0.25, -0.2) is 0 Å². The molecule has 0 fully saturated rings. The van der Waals surface area contributed by atoms with Crippen molar-refractivity contribution in [1.82, 2.24) is 5.32 Å². The van der Waals surface area contributed by atoms with E-state index in [1.54, 1.807) is 21.1 Å². The molecule has 0 aliphatic carbocycles. The highest BCUT2D eigenvalue weighted by atomic mass is 16.6. The minimum atomic E-state index is -0.948. The highest BCUT2D eigenvalue weighted by Crippen LogP contribution is 2.08. The summed E-state index contributed by atoms with van der Waals surface area (Å²) in [6.45, 7) is 5.10. The molecule has 0 aromatic heterocycles. The molecule has 0 radical (unpaired) electrons. The summed E-state index contributed by atoms with van der Waals surface area (Å²) in [6.07, 6.45) is 0.402. The summed E-state index contributed by atoms with van der Waals surface area (Å²) in [6, 6.07) is 0. The molecule has 0 aromatic carbocycles. The van der Waals surface area contributed by atoms with Gasteiger partial charge >= 0.3 is 5.97 Å². The van der Waals surface area contributed by atoms with E-state index in [-0.39, 0.29) is 0 Å². The number of ether oxygens (including phenoxy) is 4. The highest BCUT2D eigenvalue weighted by molar-refractivity contribution is 5.78. The largest absolute Gasteiger partial charge is 0.480 e. The van der Waals surface area contributed by atoms with Gasteiger partial charge in [0.05, 0.1) is 39.6 Å². The monoisotopic (exact) mass is 293 g/mol. The number of aliphatic carboxylic acids is 1. The first-order valence-electron chi connectivity index (χ1n) is 6.71. The maximum absolute atomic E-state index is 11.0. The van der Waals surface area contributed by atoms with Crippen LogP contribution >= 0.6 is 0 Å². The molecule has 7 heteroatoms. The van der Waals surface area contributed by atoms with Gasteiger partial charge in [-0.2, -0.15) is 0 Å². The third-order valence-electron chi connectivity index (χ3n) is 2.95. The van der Waals surface area contributed by atoms with E-state index in [1.165, 1.54) is 0 Å². The van der Waals surface area contributed by atoms with E-state index < -0.39 is 11.5 Å². The second-order valence-corrected chi connectivity index (χ2v) is 4.47. The molecule has 0 rings (SSSR count). The Kier molecular flexibility index (Phi) is 11.6. The number of rotatable bonds is 14. The van der Waals surface area contributed by atoms with Crippen LogP contribution in [0.5, 0.6) is 0 Å². The lowest BCUT2D eigenvalue weighted by atomic mass is 9.99. The Morgan fingerprint density at radius 3 is 1.85 bits per heavy atom. The first kappa shape index (κ1) is 19.3. The number of hydrogen-bond donors (Lipinski definition) is 2. The smallest absolute Gasteiger partial charge is 0.323 e. The molecule has 0 bridgehead atoms. The van der Waals surface area contributed by atoms with E-state index in [1.807, 2.05) is 0 Å². The van der Waals surface area contributed by atoms with Gasteiger partial charge in [0.25, 0.3) is 0 Å². The summed E-state index contributed by atoms with van der Waals surface area (Å²) in [5, 5.41) is 11.8. The van der Waals surface area contributed by atoms with E-state index in [2.05, 4.69) is 5.32 Å². The van der Waals surface area contributed by atoms with Gasteiger partial charge in [-0.3, -0.25) is 4.79 Å². The van der Waals surface area contributed by atoms with Crippen LogP contribution in [-0.4, -0.2) is 77.0 Å². The molecule has 7 nitrogen and oxygen atoms in total. The molecule has 120 valence electrons. The van der Waals surface area contributed by atoms with Gasteiger partial charge in [-0.1, -0.05) is 0 Å². The van der Waals surface area contributed by atoms with Crippen molar-refractivity contribution < 1.29 is 28.8 Å². The quantitative estimate of drug-likeness (QED) is 0.440.